The zero-order valence-electron chi connectivity index (χ0n) is 6.23. The predicted octanol–water partition coefficient (Wildman–Crippen LogP) is 2.21. The molecule has 1 atom stereocenters. The Labute approximate surface area is 57.4 Å². The average Bonchev–Trinajstić information content (AvgIpc) is 2.34. The number of hydrogen-bond donors (Lipinski definition) is 0. The zero-order valence-corrected chi connectivity index (χ0v) is 6.23. The second-order valence-electron chi connectivity index (χ2n) is 2.87. The first-order chi connectivity index (χ1) is 4.43. The van der Waals surface area contributed by atoms with Crippen LogP contribution in [0.3, 0.4) is 0 Å². The molecule has 0 bridgehead atoms. The summed E-state index contributed by atoms with van der Waals surface area (Å²) in [5.74, 6) is 0.893. The smallest absolute Gasteiger partial charge is 0.0495 e. The van der Waals surface area contributed by atoms with Crippen LogP contribution in [0, 0.1) is 5.92 Å². The molecule has 0 aromatic rings. The maximum atomic E-state index is 5.25. The summed E-state index contributed by atoms with van der Waals surface area (Å²) in [7, 11) is 0. The first-order valence-corrected chi connectivity index (χ1v) is 4.01. The van der Waals surface area contributed by atoms with Crippen LogP contribution < -0.4 is 0 Å². The lowest BCUT2D eigenvalue weighted by molar-refractivity contribution is 0.184. The minimum atomic E-state index is 0.893. The van der Waals surface area contributed by atoms with Crippen molar-refractivity contribution < 1.29 is 4.74 Å². The van der Waals surface area contributed by atoms with Gasteiger partial charge in [0, 0.05) is 13.2 Å². The fraction of sp³-hybridized carbons (Fsp3) is 1.00. The SMILES string of the molecule is CCCCC1CCOC1. The minimum Gasteiger partial charge on any atom is -0.381 e. The Balaban J connectivity index is 1.98. The molecule has 1 saturated heterocycles. The number of rotatable bonds is 3. The topological polar surface area (TPSA) is 9.23 Å². The molecule has 0 spiro atoms. The van der Waals surface area contributed by atoms with E-state index in [1.807, 2.05) is 0 Å². The molecular formula is C8H16O. The molecule has 0 radical (unpaired) electrons. The summed E-state index contributed by atoms with van der Waals surface area (Å²) < 4.78 is 5.25. The largest absolute Gasteiger partial charge is 0.381 e. The summed E-state index contributed by atoms with van der Waals surface area (Å²) in [6, 6.07) is 0. The maximum absolute atomic E-state index is 5.25. The molecule has 1 rings (SSSR count). The van der Waals surface area contributed by atoms with Gasteiger partial charge in [-0.05, 0) is 18.8 Å². The summed E-state index contributed by atoms with van der Waals surface area (Å²) >= 11 is 0. The molecule has 0 amide bonds. The molecule has 1 nitrogen and oxygen atoms in total. The fourth-order valence-electron chi connectivity index (χ4n) is 1.30. The third-order valence-corrected chi connectivity index (χ3v) is 1.99. The first kappa shape index (κ1) is 7.07. The average molecular weight is 128 g/mol. The quantitative estimate of drug-likeness (QED) is 0.566. The Morgan fingerprint density at radius 1 is 1.56 bits per heavy atom. The third kappa shape index (κ3) is 2.35. The predicted molar refractivity (Wildman–Crippen MR) is 38.5 cm³/mol. The van der Waals surface area contributed by atoms with E-state index in [4.69, 9.17) is 4.74 Å². The Morgan fingerprint density at radius 3 is 3.00 bits per heavy atom. The van der Waals surface area contributed by atoms with Crippen molar-refractivity contribution in [2.75, 3.05) is 13.2 Å². The van der Waals surface area contributed by atoms with Crippen LogP contribution in [0.25, 0.3) is 0 Å². The molecule has 1 heterocycles. The molecule has 9 heavy (non-hydrogen) atoms. The molecule has 0 aliphatic carbocycles. The van der Waals surface area contributed by atoms with Gasteiger partial charge >= 0.3 is 0 Å². The van der Waals surface area contributed by atoms with Gasteiger partial charge in [0.15, 0.2) is 0 Å². The lowest BCUT2D eigenvalue weighted by atomic mass is 10.0. The second kappa shape index (κ2) is 3.89. The van der Waals surface area contributed by atoms with Crippen molar-refractivity contribution in [2.24, 2.45) is 5.92 Å². The number of ether oxygens (including phenoxy) is 1. The molecule has 1 aliphatic heterocycles. The summed E-state index contributed by atoms with van der Waals surface area (Å²) in [5.41, 5.74) is 0. The van der Waals surface area contributed by atoms with Gasteiger partial charge in [0.1, 0.15) is 0 Å². The Bertz CT molecular complexity index is 65.0. The molecule has 54 valence electrons. The normalized spacial score (nSPS) is 27.0. The van der Waals surface area contributed by atoms with Crippen LogP contribution in [0.1, 0.15) is 32.6 Å². The van der Waals surface area contributed by atoms with E-state index in [1.165, 1.54) is 25.7 Å². The van der Waals surface area contributed by atoms with Gasteiger partial charge in [-0.25, -0.2) is 0 Å². The highest BCUT2D eigenvalue weighted by Crippen LogP contribution is 2.18. The fourth-order valence-corrected chi connectivity index (χ4v) is 1.30. The summed E-state index contributed by atoms with van der Waals surface area (Å²) in [6.07, 6.45) is 5.40. The molecular weight excluding hydrogens is 112 g/mol. The molecule has 0 N–H and O–H groups in total. The van der Waals surface area contributed by atoms with E-state index in [0.717, 1.165) is 19.1 Å². The van der Waals surface area contributed by atoms with E-state index in [0.29, 0.717) is 0 Å². The van der Waals surface area contributed by atoms with Gasteiger partial charge in [-0.2, -0.15) is 0 Å². The molecule has 1 fully saturated rings. The lowest BCUT2D eigenvalue weighted by Gasteiger charge is -2.03. The minimum absolute atomic E-state index is 0.893. The van der Waals surface area contributed by atoms with E-state index >= 15 is 0 Å². The van der Waals surface area contributed by atoms with Gasteiger partial charge < -0.3 is 4.74 Å². The first-order valence-electron chi connectivity index (χ1n) is 4.01. The van der Waals surface area contributed by atoms with Gasteiger partial charge in [-0.3, -0.25) is 0 Å². The molecule has 1 heteroatoms. The number of hydrogen-bond acceptors (Lipinski definition) is 1. The zero-order chi connectivity index (χ0) is 6.53. The van der Waals surface area contributed by atoms with Crippen LogP contribution in [-0.4, -0.2) is 13.2 Å². The molecule has 1 aliphatic rings. The highest BCUT2D eigenvalue weighted by atomic mass is 16.5. The van der Waals surface area contributed by atoms with Gasteiger partial charge in [0.05, 0.1) is 0 Å². The van der Waals surface area contributed by atoms with Gasteiger partial charge in [-0.15, -0.1) is 0 Å². The highest BCUT2D eigenvalue weighted by Gasteiger charge is 2.13. The molecule has 1 unspecified atom stereocenters. The van der Waals surface area contributed by atoms with Crippen molar-refractivity contribution in [2.45, 2.75) is 32.6 Å². The maximum Gasteiger partial charge on any atom is 0.0495 e. The highest BCUT2D eigenvalue weighted by molar-refractivity contribution is 4.63. The van der Waals surface area contributed by atoms with Crippen LogP contribution in [0.2, 0.25) is 0 Å². The Morgan fingerprint density at radius 2 is 2.44 bits per heavy atom. The van der Waals surface area contributed by atoms with Crippen LogP contribution >= 0.6 is 0 Å². The van der Waals surface area contributed by atoms with Gasteiger partial charge in [-0.1, -0.05) is 19.8 Å². The van der Waals surface area contributed by atoms with Crippen molar-refractivity contribution in [3.8, 4) is 0 Å². The monoisotopic (exact) mass is 128 g/mol. The van der Waals surface area contributed by atoms with Crippen LogP contribution in [0.15, 0.2) is 0 Å². The van der Waals surface area contributed by atoms with Gasteiger partial charge in [0.2, 0.25) is 0 Å². The third-order valence-electron chi connectivity index (χ3n) is 1.99. The summed E-state index contributed by atoms with van der Waals surface area (Å²) in [6.45, 7) is 4.28. The van der Waals surface area contributed by atoms with Crippen molar-refractivity contribution in [3.05, 3.63) is 0 Å². The van der Waals surface area contributed by atoms with E-state index < -0.39 is 0 Å². The Kier molecular flexibility index (Phi) is 3.05. The number of unbranched alkanes of at least 4 members (excludes halogenated alkanes) is 1. The van der Waals surface area contributed by atoms with Crippen molar-refractivity contribution in [1.82, 2.24) is 0 Å². The van der Waals surface area contributed by atoms with E-state index in [2.05, 4.69) is 6.92 Å². The van der Waals surface area contributed by atoms with E-state index in [9.17, 15) is 0 Å². The molecule has 0 aromatic carbocycles. The standard InChI is InChI=1S/C8H16O/c1-2-3-4-8-5-6-9-7-8/h8H,2-7H2,1H3. The van der Waals surface area contributed by atoms with Crippen molar-refractivity contribution >= 4 is 0 Å². The van der Waals surface area contributed by atoms with E-state index in [-0.39, 0.29) is 0 Å². The molecule has 0 aromatic heterocycles. The second-order valence-corrected chi connectivity index (χ2v) is 2.87. The lowest BCUT2D eigenvalue weighted by Crippen LogP contribution is -1.97. The van der Waals surface area contributed by atoms with Crippen LogP contribution in [0.4, 0.5) is 0 Å². The van der Waals surface area contributed by atoms with Crippen LogP contribution in [0.5, 0.6) is 0 Å². The van der Waals surface area contributed by atoms with Crippen molar-refractivity contribution in [1.29, 1.82) is 0 Å². The van der Waals surface area contributed by atoms with E-state index in [1.54, 1.807) is 0 Å². The molecule has 0 saturated carbocycles. The van der Waals surface area contributed by atoms with Crippen molar-refractivity contribution in [3.63, 3.8) is 0 Å². The van der Waals surface area contributed by atoms with Gasteiger partial charge in [0.25, 0.3) is 0 Å². The van der Waals surface area contributed by atoms with Crippen LogP contribution in [-0.2, 0) is 4.74 Å². The summed E-state index contributed by atoms with van der Waals surface area (Å²) in [5, 5.41) is 0. The Hall–Kier alpha value is -0.0400. The summed E-state index contributed by atoms with van der Waals surface area (Å²) in [4.78, 5) is 0.